The molecule has 0 bridgehead atoms. The molecule has 11 aromatic rings. The Morgan fingerprint density at radius 3 is 2.00 bits per heavy atom. The highest BCUT2D eigenvalue weighted by atomic mass is 32.1. The van der Waals surface area contributed by atoms with Crippen LogP contribution in [0.3, 0.4) is 0 Å². The molecule has 0 radical (unpaired) electrons. The Morgan fingerprint density at radius 1 is 0.483 bits per heavy atom. The van der Waals surface area contributed by atoms with Gasteiger partial charge in [-0.3, -0.25) is 0 Å². The van der Waals surface area contributed by atoms with Gasteiger partial charge in [-0.25, -0.2) is 4.99 Å². The first-order valence-corrected chi connectivity index (χ1v) is 20.3. The van der Waals surface area contributed by atoms with E-state index in [1.807, 2.05) is 35.6 Å². The molecule has 0 aliphatic carbocycles. The number of anilines is 3. The predicted molar refractivity (Wildman–Crippen MR) is 241 cm³/mol. The SMILES string of the molecule is c1ccc(-c2cccc(C3NC(c4ccc5sc6cccc(N(c7ccccc7)c7cccc8oc9ccccc9c78)c6c5c4)=Nc4c3oc3ccccc43)c2)cc1. The van der Waals surface area contributed by atoms with E-state index in [1.165, 1.54) is 25.7 Å². The van der Waals surface area contributed by atoms with Crippen LogP contribution in [-0.2, 0) is 0 Å². The Morgan fingerprint density at radius 2 is 1.16 bits per heavy atom. The first-order chi connectivity index (χ1) is 28.7. The number of para-hydroxylation sites is 3. The van der Waals surface area contributed by atoms with Gasteiger partial charge in [0.1, 0.15) is 34.3 Å². The van der Waals surface area contributed by atoms with E-state index in [4.69, 9.17) is 13.8 Å². The van der Waals surface area contributed by atoms with Crippen molar-refractivity contribution in [3.8, 4) is 11.1 Å². The molecule has 0 spiro atoms. The minimum absolute atomic E-state index is 0.247. The minimum Gasteiger partial charge on any atom is -0.456 e. The van der Waals surface area contributed by atoms with E-state index in [1.54, 1.807) is 0 Å². The lowest BCUT2D eigenvalue weighted by Gasteiger charge is -2.27. The number of aliphatic imine (C=N–C) groups is 1. The zero-order chi connectivity index (χ0) is 38.2. The zero-order valence-electron chi connectivity index (χ0n) is 31.1. The zero-order valence-corrected chi connectivity index (χ0v) is 31.9. The van der Waals surface area contributed by atoms with Crippen LogP contribution in [0.1, 0.15) is 22.9 Å². The summed E-state index contributed by atoms with van der Waals surface area (Å²) in [6.45, 7) is 0. The second kappa shape index (κ2) is 13.1. The van der Waals surface area contributed by atoms with Crippen LogP contribution in [0.5, 0.6) is 0 Å². The summed E-state index contributed by atoms with van der Waals surface area (Å²) in [6, 6.07) is 65.9. The highest BCUT2D eigenvalue weighted by Gasteiger charge is 2.31. The molecule has 4 heterocycles. The maximum absolute atomic E-state index is 6.60. The van der Waals surface area contributed by atoms with Crippen LogP contribution in [0.25, 0.3) is 64.2 Å². The van der Waals surface area contributed by atoms with E-state index < -0.39 is 0 Å². The molecule has 0 amide bonds. The quantitative estimate of drug-likeness (QED) is 0.183. The second-order valence-corrected chi connectivity index (χ2v) is 15.8. The van der Waals surface area contributed by atoms with Gasteiger partial charge in [-0.05, 0) is 95.6 Å². The summed E-state index contributed by atoms with van der Waals surface area (Å²) in [5.74, 6) is 1.63. The van der Waals surface area contributed by atoms with Gasteiger partial charge in [0.15, 0.2) is 5.76 Å². The number of nitrogens with one attached hydrogen (secondary N) is 1. The standard InChI is InChI=1S/C52H33N3O2S/c1-3-14-32(15-4-1)33-16-11-17-34(30-33)49-51-50(38-21-8-10-25-43(38)57-51)54-52(53-49)35-28-29-45-39(31-35)48-41(23-13-27-46(48)58-45)55(36-18-5-2-6-19-36)40-22-12-26-44-47(40)37-20-7-9-24-42(37)56-44/h1-31,49H,(H,53,54). The Hall–Kier alpha value is -7.41. The normalized spacial score (nSPS) is 13.9. The molecule has 58 heavy (non-hydrogen) atoms. The van der Waals surface area contributed by atoms with Crippen molar-refractivity contribution < 1.29 is 8.83 Å². The molecule has 1 N–H and O–H groups in total. The van der Waals surface area contributed by atoms with Gasteiger partial charge in [0, 0.05) is 42.2 Å². The molecule has 6 heteroatoms. The van der Waals surface area contributed by atoms with Gasteiger partial charge in [0.2, 0.25) is 0 Å². The maximum atomic E-state index is 6.60. The van der Waals surface area contributed by atoms with Crippen molar-refractivity contribution in [3.63, 3.8) is 0 Å². The predicted octanol–water partition coefficient (Wildman–Crippen LogP) is 14.6. The molecule has 5 nitrogen and oxygen atoms in total. The smallest absolute Gasteiger partial charge is 0.157 e. The number of amidine groups is 1. The number of rotatable bonds is 6. The van der Waals surface area contributed by atoms with Gasteiger partial charge in [0.05, 0.1) is 16.8 Å². The number of fused-ring (bicyclic) bond motifs is 9. The van der Waals surface area contributed by atoms with Crippen LogP contribution >= 0.6 is 11.3 Å². The van der Waals surface area contributed by atoms with Crippen LogP contribution in [0.15, 0.2) is 202 Å². The third kappa shape index (κ3) is 5.19. The molecule has 274 valence electrons. The molecule has 0 fully saturated rings. The van der Waals surface area contributed by atoms with E-state index in [0.717, 1.165) is 83.9 Å². The maximum Gasteiger partial charge on any atom is 0.157 e. The third-order valence-corrected chi connectivity index (χ3v) is 12.4. The molecule has 12 rings (SSSR count). The lowest BCUT2D eigenvalue weighted by atomic mass is 9.96. The Kier molecular flexibility index (Phi) is 7.40. The Bertz CT molecular complexity index is 3400. The molecule has 3 aromatic heterocycles. The van der Waals surface area contributed by atoms with Gasteiger partial charge in [-0.2, -0.15) is 0 Å². The average Bonchev–Trinajstić information content (AvgIpc) is 3.98. The minimum atomic E-state index is -0.247. The van der Waals surface area contributed by atoms with Crippen molar-refractivity contribution in [2.75, 3.05) is 4.90 Å². The molecule has 1 unspecified atom stereocenters. The third-order valence-electron chi connectivity index (χ3n) is 11.3. The van der Waals surface area contributed by atoms with Crippen LogP contribution in [0.4, 0.5) is 22.7 Å². The summed E-state index contributed by atoms with van der Waals surface area (Å²) in [5.41, 5.74) is 11.1. The molecule has 1 atom stereocenters. The van der Waals surface area contributed by atoms with Crippen molar-refractivity contribution in [1.29, 1.82) is 0 Å². The van der Waals surface area contributed by atoms with Crippen LogP contribution < -0.4 is 10.2 Å². The lowest BCUT2D eigenvalue weighted by Crippen LogP contribution is -2.32. The molecule has 0 saturated carbocycles. The van der Waals surface area contributed by atoms with E-state index >= 15 is 0 Å². The van der Waals surface area contributed by atoms with Gasteiger partial charge in [-0.15, -0.1) is 11.3 Å². The molecule has 1 aliphatic rings. The molecule has 1 aliphatic heterocycles. The fourth-order valence-electron chi connectivity index (χ4n) is 8.69. The highest BCUT2D eigenvalue weighted by Crippen LogP contribution is 2.49. The largest absolute Gasteiger partial charge is 0.456 e. The van der Waals surface area contributed by atoms with Crippen LogP contribution in [-0.4, -0.2) is 5.84 Å². The summed E-state index contributed by atoms with van der Waals surface area (Å²) >= 11 is 1.82. The number of nitrogens with zero attached hydrogens (tertiary/aromatic N) is 2. The van der Waals surface area contributed by atoms with E-state index in [0.29, 0.717) is 0 Å². The van der Waals surface area contributed by atoms with Crippen molar-refractivity contribution in [2.45, 2.75) is 6.04 Å². The van der Waals surface area contributed by atoms with Gasteiger partial charge >= 0.3 is 0 Å². The summed E-state index contributed by atoms with van der Waals surface area (Å²) in [5, 5.41) is 9.40. The van der Waals surface area contributed by atoms with Crippen molar-refractivity contribution in [2.24, 2.45) is 4.99 Å². The number of furan rings is 2. The summed E-state index contributed by atoms with van der Waals surface area (Å²) in [6.07, 6.45) is 0. The first kappa shape index (κ1) is 32.8. The number of thiophene rings is 1. The van der Waals surface area contributed by atoms with Crippen molar-refractivity contribution in [1.82, 2.24) is 5.32 Å². The van der Waals surface area contributed by atoms with Gasteiger partial charge in [0.25, 0.3) is 0 Å². The highest BCUT2D eigenvalue weighted by molar-refractivity contribution is 7.26. The van der Waals surface area contributed by atoms with Gasteiger partial charge in [-0.1, -0.05) is 109 Å². The van der Waals surface area contributed by atoms with Crippen molar-refractivity contribution >= 4 is 93.0 Å². The topological polar surface area (TPSA) is 53.9 Å². The number of benzene rings is 8. The Labute approximate surface area is 337 Å². The van der Waals surface area contributed by atoms with Crippen LogP contribution in [0, 0.1) is 0 Å². The number of hydrogen-bond donors (Lipinski definition) is 1. The monoisotopic (exact) mass is 763 g/mol. The summed E-state index contributed by atoms with van der Waals surface area (Å²) < 4.78 is 15.4. The Balaban J connectivity index is 1.05. The van der Waals surface area contributed by atoms with Crippen molar-refractivity contribution in [3.05, 3.63) is 205 Å². The van der Waals surface area contributed by atoms with Crippen LogP contribution in [0.2, 0.25) is 0 Å². The lowest BCUT2D eigenvalue weighted by molar-refractivity contribution is 0.504. The second-order valence-electron chi connectivity index (χ2n) is 14.7. The summed E-state index contributed by atoms with van der Waals surface area (Å²) in [4.78, 5) is 7.73. The molecule has 0 saturated heterocycles. The van der Waals surface area contributed by atoms with E-state index in [2.05, 4.69) is 174 Å². The van der Waals surface area contributed by atoms with Gasteiger partial charge < -0.3 is 19.1 Å². The fraction of sp³-hybridized carbons (Fsp3) is 0.0192. The summed E-state index contributed by atoms with van der Waals surface area (Å²) in [7, 11) is 0. The molecular formula is C52H33N3O2S. The van der Waals surface area contributed by atoms with E-state index in [9.17, 15) is 0 Å². The number of hydrogen-bond acceptors (Lipinski definition) is 6. The fourth-order valence-corrected chi connectivity index (χ4v) is 9.80. The van der Waals surface area contributed by atoms with E-state index in [-0.39, 0.29) is 6.04 Å². The first-order valence-electron chi connectivity index (χ1n) is 19.5. The average molecular weight is 764 g/mol. The molecule has 8 aromatic carbocycles. The molecular weight excluding hydrogens is 731 g/mol.